The molecular formula is C9H18N2O5S. The van der Waals surface area contributed by atoms with Gasteiger partial charge in [0.25, 0.3) is 5.91 Å². The highest BCUT2D eigenvalue weighted by molar-refractivity contribution is 7.88. The zero-order valence-corrected chi connectivity index (χ0v) is 10.9. The van der Waals surface area contributed by atoms with Crippen LogP contribution in [0.25, 0.3) is 0 Å². The van der Waals surface area contributed by atoms with Gasteiger partial charge in [-0.05, 0) is 12.3 Å². The number of carboxylic acids is 1. The maximum Gasteiger partial charge on any atom is 0.324 e. The quantitative estimate of drug-likeness (QED) is 0.652. The lowest BCUT2D eigenvalue weighted by molar-refractivity contribution is -0.141. The predicted octanol–water partition coefficient (Wildman–Crippen LogP) is -0.767. The number of carbonyl (C=O) groups excluding carboxylic acids is 1. The first-order valence-electron chi connectivity index (χ1n) is 5.04. The summed E-state index contributed by atoms with van der Waals surface area (Å²) in [6.07, 6.45) is 1.07. The van der Waals surface area contributed by atoms with E-state index in [4.69, 9.17) is 10.8 Å². The highest BCUT2D eigenvalue weighted by Crippen LogP contribution is 2.08. The van der Waals surface area contributed by atoms with Crippen molar-refractivity contribution in [1.82, 2.24) is 4.31 Å². The topological polar surface area (TPSA) is 118 Å². The largest absolute Gasteiger partial charge is 0.480 e. The van der Waals surface area contributed by atoms with Crippen LogP contribution >= 0.6 is 0 Å². The number of nitrogens with two attached hydrogens (primary N) is 1. The molecule has 100 valence electrons. The Morgan fingerprint density at radius 1 is 1.35 bits per heavy atom. The van der Waals surface area contributed by atoms with Gasteiger partial charge in [-0.25, -0.2) is 12.7 Å². The standard InChI is InChI=1S/C9H18N2O5S/c1-6(2)4-7(10)9(14)11(5-8(12)13)17(3,15)16/h6-7H,4-5,10H2,1-3H3,(H,12,13)/t7-/m1/s1. The highest BCUT2D eigenvalue weighted by Gasteiger charge is 2.30. The lowest BCUT2D eigenvalue weighted by atomic mass is 10.0. The van der Waals surface area contributed by atoms with E-state index in [0.29, 0.717) is 10.7 Å². The third-order valence-electron chi connectivity index (χ3n) is 1.97. The molecular weight excluding hydrogens is 248 g/mol. The summed E-state index contributed by atoms with van der Waals surface area (Å²) < 4.78 is 22.9. The van der Waals surface area contributed by atoms with Crippen molar-refractivity contribution < 1.29 is 23.1 Å². The smallest absolute Gasteiger partial charge is 0.324 e. The van der Waals surface area contributed by atoms with Gasteiger partial charge in [0.1, 0.15) is 6.54 Å². The second-order valence-corrected chi connectivity index (χ2v) is 6.14. The van der Waals surface area contributed by atoms with Crippen LogP contribution in [0, 0.1) is 5.92 Å². The lowest BCUT2D eigenvalue weighted by Crippen LogP contribution is -2.48. The molecule has 0 saturated heterocycles. The van der Waals surface area contributed by atoms with E-state index in [1.165, 1.54) is 0 Å². The summed E-state index contributed by atoms with van der Waals surface area (Å²) >= 11 is 0. The number of carboxylic acid groups (broad SMARTS) is 1. The van der Waals surface area contributed by atoms with Crippen molar-refractivity contribution in [3.05, 3.63) is 0 Å². The number of carbonyl (C=O) groups is 2. The van der Waals surface area contributed by atoms with E-state index in [1.807, 2.05) is 13.8 Å². The molecule has 0 spiro atoms. The predicted molar refractivity (Wildman–Crippen MR) is 61.6 cm³/mol. The molecule has 0 fully saturated rings. The van der Waals surface area contributed by atoms with E-state index in [2.05, 4.69) is 0 Å². The number of hydrogen-bond donors (Lipinski definition) is 2. The van der Waals surface area contributed by atoms with Crippen LogP contribution in [0.4, 0.5) is 0 Å². The van der Waals surface area contributed by atoms with Crippen LogP contribution in [0.15, 0.2) is 0 Å². The van der Waals surface area contributed by atoms with Gasteiger partial charge in [0.05, 0.1) is 12.3 Å². The molecule has 0 rings (SSSR count). The molecule has 1 atom stereocenters. The molecule has 0 aliphatic carbocycles. The minimum atomic E-state index is -3.92. The maximum absolute atomic E-state index is 11.7. The average Bonchev–Trinajstić information content (AvgIpc) is 2.09. The van der Waals surface area contributed by atoms with Crippen molar-refractivity contribution in [1.29, 1.82) is 0 Å². The third-order valence-corrected chi connectivity index (χ3v) is 3.08. The molecule has 0 saturated carbocycles. The van der Waals surface area contributed by atoms with Gasteiger partial charge < -0.3 is 10.8 Å². The molecule has 0 aliphatic heterocycles. The number of amides is 1. The Balaban J connectivity index is 4.94. The summed E-state index contributed by atoms with van der Waals surface area (Å²) in [4.78, 5) is 22.2. The minimum absolute atomic E-state index is 0.111. The fourth-order valence-corrected chi connectivity index (χ4v) is 2.08. The molecule has 0 aromatic rings. The van der Waals surface area contributed by atoms with Crippen molar-refractivity contribution in [2.24, 2.45) is 11.7 Å². The monoisotopic (exact) mass is 266 g/mol. The molecule has 8 heteroatoms. The third kappa shape index (κ3) is 5.64. The van der Waals surface area contributed by atoms with Crippen molar-refractivity contribution in [3.8, 4) is 0 Å². The first-order valence-corrected chi connectivity index (χ1v) is 6.89. The van der Waals surface area contributed by atoms with Crippen LogP contribution < -0.4 is 5.73 Å². The number of nitrogens with zero attached hydrogens (tertiary/aromatic N) is 1. The SMILES string of the molecule is CC(C)C[C@@H](N)C(=O)N(CC(=O)O)S(C)(=O)=O. The van der Waals surface area contributed by atoms with Crippen LogP contribution in [0.1, 0.15) is 20.3 Å². The Bertz CT molecular complexity index is 390. The van der Waals surface area contributed by atoms with Crippen molar-refractivity contribution >= 4 is 21.9 Å². The van der Waals surface area contributed by atoms with E-state index in [1.54, 1.807) is 0 Å². The Morgan fingerprint density at radius 2 is 1.82 bits per heavy atom. The van der Waals surface area contributed by atoms with Gasteiger partial charge in [-0.3, -0.25) is 9.59 Å². The van der Waals surface area contributed by atoms with Gasteiger partial charge in [0.15, 0.2) is 0 Å². The molecule has 3 N–H and O–H groups in total. The number of sulfonamides is 1. The van der Waals surface area contributed by atoms with Gasteiger partial charge in [-0.1, -0.05) is 13.8 Å². The molecule has 1 amide bonds. The van der Waals surface area contributed by atoms with Crippen LogP contribution in [0.5, 0.6) is 0 Å². The summed E-state index contributed by atoms with van der Waals surface area (Å²) in [7, 11) is -3.92. The zero-order valence-electron chi connectivity index (χ0n) is 10.1. The molecule has 0 aromatic carbocycles. The van der Waals surface area contributed by atoms with E-state index < -0.39 is 34.5 Å². The number of aliphatic carboxylic acids is 1. The number of rotatable bonds is 6. The van der Waals surface area contributed by atoms with E-state index in [9.17, 15) is 18.0 Å². The van der Waals surface area contributed by atoms with Crippen LogP contribution in [0.3, 0.4) is 0 Å². The highest BCUT2D eigenvalue weighted by atomic mass is 32.2. The summed E-state index contributed by atoms with van der Waals surface area (Å²) in [5, 5.41) is 8.56. The van der Waals surface area contributed by atoms with E-state index in [0.717, 1.165) is 6.26 Å². The van der Waals surface area contributed by atoms with Crippen molar-refractivity contribution in [2.45, 2.75) is 26.3 Å². The second-order valence-electron chi connectivity index (χ2n) is 4.24. The summed E-state index contributed by atoms with van der Waals surface area (Å²) in [6.45, 7) is 2.76. The maximum atomic E-state index is 11.7. The van der Waals surface area contributed by atoms with Gasteiger partial charge in [0.2, 0.25) is 10.0 Å². The summed E-state index contributed by atoms with van der Waals surface area (Å²) in [5.41, 5.74) is 5.54. The Hall–Kier alpha value is -1.15. The Labute approximate surface area is 101 Å². The molecule has 0 unspecified atom stereocenters. The fourth-order valence-electron chi connectivity index (χ4n) is 1.28. The summed E-state index contributed by atoms with van der Waals surface area (Å²) in [5.74, 6) is -2.18. The molecule has 0 radical (unpaired) electrons. The lowest BCUT2D eigenvalue weighted by Gasteiger charge is -2.22. The van der Waals surface area contributed by atoms with Gasteiger partial charge in [-0.15, -0.1) is 0 Å². The second kappa shape index (κ2) is 5.97. The normalized spacial score (nSPS) is 13.5. The molecule has 0 aliphatic rings. The zero-order chi connectivity index (χ0) is 13.8. The Kier molecular flexibility index (Phi) is 5.56. The molecule has 17 heavy (non-hydrogen) atoms. The Morgan fingerprint density at radius 3 is 2.12 bits per heavy atom. The average molecular weight is 266 g/mol. The van der Waals surface area contributed by atoms with E-state index >= 15 is 0 Å². The fraction of sp³-hybridized carbons (Fsp3) is 0.778. The minimum Gasteiger partial charge on any atom is -0.480 e. The molecule has 0 aromatic heterocycles. The van der Waals surface area contributed by atoms with Crippen molar-refractivity contribution in [2.75, 3.05) is 12.8 Å². The van der Waals surface area contributed by atoms with Gasteiger partial charge in [0, 0.05) is 0 Å². The first kappa shape index (κ1) is 15.9. The number of hydrogen-bond acceptors (Lipinski definition) is 5. The molecule has 0 bridgehead atoms. The summed E-state index contributed by atoms with van der Waals surface area (Å²) in [6, 6.07) is -1.01. The van der Waals surface area contributed by atoms with Gasteiger partial charge >= 0.3 is 5.97 Å². The van der Waals surface area contributed by atoms with E-state index in [-0.39, 0.29) is 5.92 Å². The van der Waals surface area contributed by atoms with Gasteiger partial charge in [-0.2, -0.15) is 0 Å². The van der Waals surface area contributed by atoms with Crippen LogP contribution in [-0.4, -0.2) is 48.5 Å². The molecule has 7 nitrogen and oxygen atoms in total. The molecule has 0 heterocycles. The van der Waals surface area contributed by atoms with Crippen LogP contribution in [0.2, 0.25) is 0 Å². The first-order chi connectivity index (χ1) is 7.55. The van der Waals surface area contributed by atoms with Crippen LogP contribution in [-0.2, 0) is 19.6 Å². The van der Waals surface area contributed by atoms with Crippen molar-refractivity contribution in [3.63, 3.8) is 0 Å².